The molecule has 0 saturated heterocycles. The molecule has 10 heavy (non-hydrogen) atoms. The third-order valence-electron chi connectivity index (χ3n) is 0.875. The molecule has 3 nitrogen and oxygen atoms in total. The number of carbonyl (C=O) groups excluding carboxylic acids is 1. The molecule has 0 aliphatic carbocycles. The van der Waals surface area contributed by atoms with Crippen molar-refractivity contribution in [3.63, 3.8) is 0 Å². The maximum atomic E-state index is 10.6. The average molecular weight is 143 g/mol. The van der Waals surface area contributed by atoms with E-state index >= 15 is 0 Å². The summed E-state index contributed by atoms with van der Waals surface area (Å²) in [5.41, 5.74) is 0. The fraction of sp³-hybridized carbons (Fsp3) is 0.714. The number of ether oxygens (including phenoxy) is 1. The molecule has 0 aromatic rings. The molecule has 3 heteroatoms. The van der Waals surface area contributed by atoms with Crippen LogP contribution in [0.3, 0.4) is 0 Å². The monoisotopic (exact) mass is 143 g/mol. The van der Waals surface area contributed by atoms with E-state index in [-0.39, 0.29) is 5.97 Å². The number of esters is 1. The third kappa shape index (κ3) is 5.28. The van der Waals surface area contributed by atoms with Gasteiger partial charge in [-0.2, -0.15) is 0 Å². The first-order chi connectivity index (χ1) is 4.81. The minimum Gasteiger partial charge on any atom is -0.466 e. The Morgan fingerprint density at radius 3 is 2.80 bits per heavy atom. The molecule has 0 bridgehead atoms. The molecule has 0 aromatic carbocycles. The third-order valence-corrected chi connectivity index (χ3v) is 0.875. The number of hydrogen-bond donors (Lipinski definition) is 0. The normalized spacial score (nSPS) is 10.2. The van der Waals surface area contributed by atoms with Gasteiger partial charge in [-0.25, -0.2) is 0 Å². The molecule has 0 radical (unpaired) electrons. The number of nitrogens with zero attached hydrogens (tertiary/aromatic N) is 1. The fourth-order valence-electron chi connectivity index (χ4n) is 0.488. The highest BCUT2D eigenvalue weighted by atomic mass is 16.5. The van der Waals surface area contributed by atoms with E-state index in [0.29, 0.717) is 13.0 Å². The summed E-state index contributed by atoms with van der Waals surface area (Å²) >= 11 is 0. The second kappa shape index (κ2) is 6.26. The number of rotatable bonds is 4. The highest BCUT2D eigenvalue weighted by Gasteiger charge is 1.95. The van der Waals surface area contributed by atoms with Gasteiger partial charge in [0.25, 0.3) is 0 Å². The van der Waals surface area contributed by atoms with Crippen LogP contribution < -0.4 is 0 Å². The number of carbonyl (C=O) groups is 1. The van der Waals surface area contributed by atoms with Gasteiger partial charge >= 0.3 is 5.97 Å². The predicted octanol–water partition coefficient (Wildman–Crippen LogP) is 1.03. The minimum atomic E-state index is -0.209. The van der Waals surface area contributed by atoms with Gasteiger partial charge in [-0.05, 0) is 13.8 Å². The van der Waals surface area contributed by atoms with Crippen LogP contribution in [0.4, 0.5) is 0 Å². The molecule has 0 rings (SSSR count). The van der Waals surface area contributed by atoms with Crippen molar-refractivity contribution in [2.24, 2.45) is 4.99 Å². The Hall–Kier alpha value is -0.860. The van der Waals surface area contributed by atoms with E-state index in [1.807, 2.05) is 6.92 Å². The first kappa shape index (κ1) is 9.14. The maximum absolute atomic E-state index is 10.6. The molecule has 0 spiro atoms. The Morgan fingerprint density at radius 1 is 1.60 bits per heavy atom. The van der Waals surface area contributed by atoms with E-state index in [1.165, 1.54) is 0 Å². The molecule has 0 aromatic heterocycles. The van der Waals surface area contributed by atoms with Crippen LogP contribution >= 0.6 is 0 Å². The molecule has 58 valence electrons. The molecule has 0 saturated carbocycles. The molecule has 0 aliphatic rings. The molecule has 0 unspecified atom stereocenters. The zero-order valence-electron chi connectivity index (χ0n) is 6.46. The Balaban J connectivity index is 3.30. The minimum absolute atomic E-state index is 0.209. The van der Waals surface area contributed by atoms with Crippen LogP contribution in [0.5, 0.6) is 0 Å². The molecule has 0 fully saturated rings. The fourth-order valence-corrected chi connectivity index (χ4v) is 0.488. The van der Waals surface area contributed by atoms with Gasteiger partial charge in [-0.15, -0.1) is 0 Å². The van der Waals surface area contributed by atoms with Crippen molar-refractivity contribution in [3.8, 4) is 0 Å². The summed E-state index contributed by atoms with van der Waals surface area (Å²) in [5.74, 6) is -0.209. The van der Waals surface area contributed by atoms with Gasteiger partial charge in [0.2, 0.25) is 0 Å². The van der Waals surface area contributed by atoms with Crippen molar-refractivity contribution in [3.05, 3.63) is 0 Å². The Bertz CT molecular complexity index is 121. The average Bonchev–Trinajstić information content (AvgIpc) is 1.89. The summed E-state index contributed by atoms with van der Waals surface area (Å²) in [6.07, 6.45) is 1.87. The zero-order valence-corrected chi connectivity index (χ0v) is 6.46. The van der Waals surface area contributed by atoms with Gasteiger partial charge in [0.05, 0.1) is 13.0 Å². The van der Waals surface area contributed by atoms with Crippen molar-refractivity contribution in [1.29, 1.82) is 0 Å². The standard InChI is InChI=1S/C7H13NO2/c1-3-8-6-5-7(9)10-4-2/h6H,3-5H2,1-2H3. The quantitative estimate of drug-likeness (QED) is 0.435. The second-order valence-corrected chi connectivity index (χ2v) is 1.69. The molecule has 0 N–H and O–H groups in total. The van der Waals surface area contributed by atoms with E-state index in [9.17, 15) is 4.79 Å². The molecule has 0 aliphatic heterocycles. The van der Waals surface area contributed by atoms with Gasteiger partial charge in [-0.1, -0.05) is 0 Å². The van der Waals surface area contributed by atoms with E-state index in [4.69, 9.17) is 0 Å². The van der Waals surface area contributed by atoms with Crippen LogP contribution in [0.2, 0.25) is 0 Å². The molecular weight excluding hydrogens is 130 g/mol. The van der Waals surface area contributed by atoms with Crippen molar-refractivity contribution >= 4 is 12.2 Å². The Morgan fingerprint density at radius 2 is 2.30 bits per heavy atom. The largest absolute Gasteiger partial charge is 0.466 e. The summed E-state index contributed by atoms with van der Waals surface area (Å²) in [6, 6.07) is 0. The number of hydrogen-bond acceptors (Lipinski definition) is 3. The van der Waals surface area contributed by atoms with Gasteiger partial charge in [0, 0.05) is 12.8 Å². The summed E-state index contributed by atoms with van der Waals surface area (Å²) in [4.78, 5) is 14.5. The highest BCUT2D eigenvalue weighted by Crippen LogP contribution is 1.82. The lowest BCUT2D eigenvalue weighted by atomic mass is 10.5. The van der Waals surface area contributed by atoms with Gasteiger partial charge in [0.1, 0.15) is 0 Å². The van der Waals surface area contributed by atoms with Gasteiger partial charge in [-0.3, -0.25) is 9.79 Å². The van der Waals surface area contributed by atoms with Crippen molar-refractivity contribution in [2.75, 3.05) is 13.2 Å². The maximum Gasteiger partial charge on any atom is 0.311 e. The van der Waals surface area contributed by atoms with Crippen molar-refractivity contribution < 1.29 is 9.53 Å². The smallest absolute Gasteiger partial charge is 0.311 e. The van der Waals surface area contributed by atoms with Crippen molar-refractivity contribution in [2.45, 2.75) is 20.3 Å². The van der Waals surface area contributed by atoms with Crippen LogP contribution in [0, 0.1) is 0 Å². The zero-order chi connectivity index (χ0) is 7.82. The lowest BCUT2D eigenvalue weighted by molar-refractivity contribution is -0.141. The summed E-state index contributed by atoms with van der Waals surface area (Å²) in [5, 5.41) is 0. The van der Waals surface area contributed by atoms with Gasteiger partial charge < -0.3 is 4.74 Å². The topological polar surface area (TPSA) is 38.7 Å². The lowest BCUT2D eigenvalue weighted by Gasteiger charge is -1.95. The highest BCUT2D eigenvalue weighted by molar-refractivity contribution is 5.85. The molecule has 0 amide bonds. The predicted molar refractivity (Wildman–Crippen MR) is 40.3 cm³/mol. The van der Waals surface area contributed by atoms with E-state index in [2.05, 4.69) is 9.73 Å². The van der Waals surface area contributed by atoms with Gasteiger partial charge in [0.15, 0.2) is 0 Å². The van der Waals surface area contributed by atoms with E-state index in [1.54, 1.807) is 13.1 Å². The molecule has 0 heterocycles. The number of aliphatic imine (C=N–C) groups is 1. The van der Waals surface area contributed by atoms with Crippen LogP contribution in [0.15, 0.2) is 4.99 Å². The second-order valence-electron chi connectivity index (χ2n) is 1.69. The summed E-state index contributed by atoms with van der Waals surface area (Å²) < 4.78 is 4.66. The van der Waals surface area contributed by atoms with E-state index < -0.39 is 0 Å². The lowest BCUT2D eigenvalue weighted by Crippen LogP contribution is -2.03. The summed E-state index contributed by atoms with van der Waals surface area (Å²) in [7, 11) is 0. The Labute approximate surface area is 61.1 Å². The van der Waals surface area contributed by atoms with Crippen LogP contribution in [-0.4, -0.2) is 25.3 Å². The summed E-state index contributed by atoms with van der Waals surface area (Å²) in [6.45, 7) is 4.87. The first-order valence-electron chi connectivity index (χ1n) is 3.45. The Kier molecular flexibility index (Phi) is 5.72. The van der Waals surface area contributed by atoms with Crippen LogP contribution in [0.25, 0.3) is 0 Å². The van der Waals surface area contributed by atoms with E-state index in [0.717, 1.165) is 6.54 Å². The van der Waals surface area contributed by atoms with Crippen molar-refractivity contribution in [1.82, 2.24) is 0 Å². The molecule has 0 atom stereocenters. The van der Waals surface area contributed by atoms with Crippen LogP contribution in [0.1, 0.15) is 20.3 Å². The molecular formula is C7H13NO2. The van der Waals surface area contributed by atoms with Crippen LogP contribution in [-0.2, 0) is 9.53 Å². The SMILES string of the molecule is CCN=CCC(=O)OCC. The first-order valence-corrected chi connectivity index (χ1v) is 3.45.